The molecule has 0 unspecified atom stereocenters. The number of nitrogens with one attached hydrogen (secondary N) is 1. The Hall–Kier alpha value is -2.16. The fraction of sp³-hybridized carbons (Fsp3) is 0.222. The van der Waals surface area contributed by atoms with Crippen LogP contribution in [0.5, 0.6) is 5.75 Å². The van der Waals surface area contributed by atoms with E-state index in [1.54, 1.807) is 0 Å². The van der Waals surface area contributed by atoms with Crippen LogP contribution in [0.15, 0.2) is 18.2 Å². The third-order valence-electron chi connectivity index (χ3n) is 1.86. The maximum atomic E-state index is 11.3. The summed E-state index contributed by atoms with van der Waals surface area (Å²) in [5.74, 6) is -2.07. The number of nitro groups is 1. The van der Waals surface area contributed by atoms with Gasteiger partial charge in [-0.25, -0.2) is 8.42 Å². The first kappa shape index (κ1) is 13.9. The lowest BCUT2D eigenvalue weighted by molar-refractivity contribution is -0.384. The van der Waals surface area contributed by atoms with Crippen LogP contribution < -0.4 is 5.32 Å². The van der Waals surface area contributed by atoms with E-state index < -0.39 is 32.2 Å². The Morgan fingerprint density at radius 1 is 1.50 bits per heavy atom. The number of hydrogen-bond donors (Lipinski definition) is 2. The number of benzene rings is 1. The minimum Gasteiger partial charge on any atom is -0.506 e. The molecule has 1 aromatic carbocycles. The van der Waals surface area contributed by atoms with Crippen molar-refractivity contribution >= 4 is 27.1 Å². The van der Waals surface area contributed by atoms with Gasteiger partial charge >= 0.3 is 0 Å². The fourth-order valence-corrected chi connectivity index (χ4v) is 1.71. The Morgan fingerprint density at radius 2 is 2.11 bits per heavy atom. The van der Waals surface area contributed by atoms with Gasteiger partial charge in [-0.3, -0.25) is 14.9 Å². The molecule has 0 aliphatic rings. The number of hydrogen-bond acceptors (Lipinski definition) is 6. The minimum atomic E-state index is -3.48. The molecule has 0 atom stereocenters. The number of nitrogens with zero attached hydrogens (tertiary/aromatic N) is 1. The van der Waals surface area contributed by atoms with E-state index in [9.17, 15) is 28.4 Å². The standard InChI is InChI=1S/C9H10N2O6S/c1-18(16,17)5-9(13)10-7-3-2-6(11(14)15)4-8(7)12/h2-4,12H,5H2,1H3,(H,10,13). The van der Waals surface area contributed by atoms with Gasteiger partial charge in [-0.15, -0.1) is 0 Å². The van der Waals surface area contributed by atoms with Crippen molar-refractivity contribution in [2.45, 2.75) is 0 Å². The van der Waals surface area contributed by atoms with Gasteiger partial charge in [0, 0.05) is 12.3 Å². The van der Waals surface area contributed by atoms with Crippen LogP contribution in [0, 0.1) is 10.1 Å². The maximum Gasteiger partial charge on any atom is 0.273 e. The molecule has 0 radical (unpaired) electrons. The average Bonchev–Trinajstić information content (AvgIpc) is 2.17. The van der Waals surface area contributed by atoms with E-state index in [4.69, 9.17) is 0 Å². The zero-order chi connectivity index (χ0) is 13.9. The maximum absolute atomic E-state index is 11.3. The molecular weight excluding hydrogens is 264 g/mol. The minimum absolute atomic E-state index is 0.0887. The molecule has 9 heteroatoms. The zero-order valence-electron chi connectivity index (χ0n) is 9.28. The number of aromatic hydroxyl groups is 1. The molecule has 2 N–H and O–H groups in total. The van der Waals surface area contributed by atoms with Crippen LogP contribution in [0.2, 0.25) is 0 Å². The molecule has 0 aliphatic heterocycles. The van der Waals surface area contributed by atoms with Crippen molar-refractivity contribution in [3.63, 3.8) is 0 Å². The van der Waals surface area contributed by atoms with Crippen molar-refractivity contribution < 1.29 is 23.2 Å². The summed E-state index contributed by atoms with van der Waals surface area (Å²) < 4.78 is 21.7. The van der Waals surface area contributed by atoms with Gasteiger partial charge in [0.1, 0.15) is 11.5 Å². The van der Waals surface area contributed by atoms with E-state index in [-0.39, 0.29) is 11.4 Å². The smallest absolute Gasteiger partial charge is 0.273 e. The van der Waals surface area contributed by atoms with Crippen LogP contribution in [-0.2, 0) is 14.6 Å². The van der Waals surface area contributed by atoms with Crippen molar-refractivity contribution in [3.05, 3.63) is 28.3 Å². The number of nitro benzene ring substituents is 1. The van der Waals surface area contributed by atoms with E-state index in [0.717, 1.165) is 24.5 Å². The summed E-state index contributed by atoms with van der Waals surface area (Å²) in [6.45, 7) is 0. The Labute approximate surface area is 102 Å². The summed E-state index contributed by atoms with van der Waals surface area (Å²) in [7, 11) is -3.48. The van der Waals surface area contributed by atoms with E-state index >= 15 is 0 Å². The van der Waals surface area contributed by atoms with Gasteiger partial charge in [0.05, 0.1) is 16.7 Å². The predicted octanol–water partition coefficient (Wildman–Crippen LogP) is 0.284. The van der Waals surface area contributed by atoms with Crippen LogP contribution in [-0.4, -0.2) is 36.4 Å². The number of phenols is 1. The number of sulfone groups is 1. The van der Waals surface area contributed by atoms with Crippen LogP contribution in [0.4, 0.5) is 11.4 Å². The Bertz CT molecular complexity index is 595. The average molecular weight is 274 g/mol. The first-order valence-corrected chi connectivity index (χ1v) is 6.70. The molecule has 98 valence electrons. The number of non-ortho nitro benzene ring substituents is 1. The van der Waals surface area contributed by atoms with Gasteiger partial charge < -0.3 is 10.4 Å². The van der Waals surface area contributed by atoms with E-state index in [0.29, 0.717) is 0 Å². The summed E-state index contributed by atoms with van der Waals surface area (Å²) >= 11 is 0. The predicted molar refractivity (Wildman–Crippen MR) is 63.1 cm³/mol. The summed E-state index contributed by atoms with van der Waals surface area (Å²) in [4.78, 5) is 21.0. The van der Waals surface area contributed by atoms with Crippen LogP contribution in [0.1, 0.15) is 0 Å². The first-order valence-electron chi connectivity index (χ1n) is 4.64. The van der Waals surface area contributed by atoms with Crippen molar-refractivity contribution in [2.24, 2.45) is 0 Å². The quantitative estimate of drug-likeness (QED) is 0.461. The molecule has 0 aromatic heterocycles. The van der Waals surface area contributed by atoms with Crippen LogP contribution in [0.25, 0.3) is 0 Å². The molecule has 0 saturated carbocycles. The molecule has 1 aromatic rings. The summed E-state index contributed by atoms with van der Waals surface area (Å²) in [5, 5.41) is 22.0. The lowest BCUT2D eigenvalue weighted by atomic mass is 10.2. The number of rotatable bonds is 4. The highest BCUT2D eigenvalue weighted by Crippen LogP contribution is 2.27. The van der Waals surface area contributed by atoms with E-state index in [1.165, 1.54) is 0 Å². The highest BCUT2D eigenvalue weighted by molar-refractivity contribution is 7.91. The second-order valence-electron chi connectivity index (χ2n) is 3.58. The molecule has 1 rings (SSSR count). The molecule has 0 bridgehead atoms. The van der Waals surface area contributed by atoms with Crippen molar-refractivity contribution in [2.75, 3.05) is 17.3 Å². The number of anilines is 1. The van der Waals surface area contributed by atoms with Crippen LogP contribution >= 0.6 is 0 Å². The molecule has 8 nitrogen and oxygen atoms in total. The third kappa shape index (κ3) is 4.01. The molecule has 0 fully saturated rings. The summed E-state index contributed by atoms with van der Waals surface area (Å²) in [6.07, 6.45) is 0.891. The van der Waals surface area contributed by atoms with Gasteiger partial charge in [0.15, 0.2) is 9.84 Å². The van der Waals surface area contributed by atoms with Gasteiger partial charge in [-0.2, -0.15) is 0 Å². The SMILES string of the molecule is CS(=O)(=O)CC(=O)Nc1ccc([N+](=O)[O-])cc1O. The molecule has 1 amide bonds. The zero-order valence-corrected chi connectivity index (χ0v) is 10.1. The Kier molecular flexibility index (Phi) is 3.86. The number of phenolic OH excluding ortho intramolecular Hbond substituents is 1. The topological polar surface area (TPSA) is 127 Å². The lowest BCUT2D eigenvalue weighted by Gasteiger charge is -2.06. The van der Waals surface area contributed by atoms with Crippen molar-refractivity contribution in [1.82, 2.24) is 0 Å². The molecule has 0 saturated heterocycles. The monoisotopic (exact) mass is 274 g/mol. The lowest BCUT2D eigenvalue weighted by Crippen LogP contribution is -2.21. The number of amides is 1. The fourth-order valence-electron chi connectivity index (χ4n) is 1.16. The summed E-state index contributed by atoms with van der Waals surface area (Å²) in [5.41, 5.74) is -0.428. The van der Waals surface area contributed by atoms with Gasteiger partial charge in [-0.05, 0) is 6.07 Å². The first-order chi connectivity index (χ1) is 8.19. The summed E-state index contributed by atoms with van der Waals surface area (Å²) in [6, 6.07) is 3.06. The molecule has 0 spiro atoms. The van der Waals surface area contributed by atoms with E-state index in [2.05, 4.69) is 5.32 Å². The van der Waals surface area contributed by atoms with E-state index in [1.807, 2.05) is 0 Å². The van der Waals surface area contributed by atoms with Gasteiger partial charge in [-0.1, -0.05) is 0 Å². The number of carbonyl (C=O) groups excluding carboxylic acids is 1. The molecule has 0 heterocycles. The largest absolute Gasteiger partial charge is 0.506 e. The number of carbonyl (C=O) groups is 1. The Balaban J connectivity index is 2.86. The molecular formula is C9H10N2O6S. The normalized spacial score (nSPS) is 10.9. The molecule has 18 heavy (non-hydrogen) atoms. The van der Waals surface area contributed by atoms with Gasteiger partial charge in [0.2, 0.25) is 5.91 Å². The van der Waals surface area contributed by atoms with Crippen molar-refractivity contribution in [1.29, 1.82) is 0 Å². The Morgan fingerprint density at radius 3 is 2.56 bits per heavy atom. The highest BCUT2D eigenvalue weighted by Gasteiger charge is 2.15. The van der Waals surface area contributed by atoms with Crippen molar-refractivity contribution in [3.8, 4) is 5.75 Å². The second-order valence-corrected chi connectivity index (χ2v) is 5.72. The van der Waals surface area contributed by atoms with Crippen LogP contribution in [0.3, 0.4) is 0 Å². The second kappa shape index (κ2) is 5.00. The highest BCUT2D eigenvalue weighted by atomic mass is 32.2. The van der Waals surface area contributed by atoms with Gasteiger partial charge in [0.25, 0.3) is 5.69 Å². The molecule has 0 aliphatic carbocycles. The third-order valence-corrected chi connectivity index (χ3v) is 2.65.